The minimum absolute atomic E-state index is 0.182. The molecule has 0 spiro atoms. The van der Waals surface area contributed by atoms with Gasteiger partial charge in [-0.1, -0.05) is 18.2 Å². The first-order valence-electron chi connectivity index (χ1n) is 7.86. The molecule has 1 aliphatic heterocycles. The number of carboxylic acid groups (broad SMARTS) is 1. The number of carbonyl (C=O) groups is 2. The molecule has 1 aliphatic rings. The summed E-state index contributed by atoms with van der Waals surface area (Å²) in [6, 6.07) is 5.98. The minimum Gasteiger partial charge on any atom is -0.481 e. The van der Waals surface area contributed by atoms with Crippen molar-refractivity contribution in [2.45, 2.75) is 46.1 Å². The number of benzene rings is 1. The van der Waals surface area contributed by atoms with Crippen LogP contribution in [-0.4, -0.2) is 40.8 Å². The van der Waals surface area contributed by atoms with Gasteiger partial charge < -0.3 is 14.7 Å². The van der Waals surface area contributed by atoms with Crippen molar-refractivity contribution in [3.05, 3.63) is 34.9 Å². The molecule has 0 aliphatic carbocycles. The molecule has 5 heteroatoms. The van der Waals surface area contributed by atoms with Gasteiger partial charge in [-0.05, 0) is 51.3 Å². The molecule has 126 valence electrons. The molecule has 1 amide bonds. The summed E-state index contributed by atoms with van der Waals surface area (Å²) in [7, 11) is 0. The largest absolute Gasteiger partial charge is 0.481 e. The quantitative estimate of drug-likeness (QED) is 0.908. The van der Waals surface area contributed by atoms with E-state index in [9.17, 15) is 14.7 Å². The highest BCUT2D eigenvalue weighted by Crippen LogP contribution is 2.34. The Morgan fingerprint density at radius 3 is 2.35 bits per heavy atom. The number of nitrogens with zero attached hydrogens (tertiary/aromatic N) is 1. The molecule has 0 saturated carbocycles. The van der Waals surface area contributed by atoms with Gasteiger partial charge in [-0.2, -0.15) is 0 Å². The van der Waals surface area contributed by atoms with Crippen molar-refractivity contribution >= 4 is 12.1 Å². The van der Waals surface area contributed by atoms with Gasteiger partial charge in [0.25, 0.3) is 0 Å². The van der Waals surface area contributed by atoms with Gasteiger partial charge in [0, 0.05) is 19.0 Å². The average Bonchev–Trinajstić information content (AvgIpc) is 2.85. The molecule has 1 aromatic rings. The lowest BCUT2D eigenvalue weighted by atomic mass is 9.87. The van der Waals surface area contributed by atoms with Crippen LogP contribution in [0.3, 0.4) is 0 Å². The van der Waals surface area contributed by atoms with E-state index in [1.54, 1.807) is 20.8 Å². The molecule has 1 saturated heterocycles. The van der Waals surface area contributed by atoms with Crippen molar-refractivity contribution in [3.63, 3.8) is 0 Å². The van der Waals surface area contributed by atoms with Crippen LogP contribution in [0.1, 0.15) is 43.4 Å². The van der Waals surface area contributed by atoms with E-state index in [0.717, 1.165) is 11.1 Å². The van der Waals surface area contributed by atoms with E-state index >= 15 is 0 Å². The molecule has 5 nitrogen and oxygen atoms in total. The maximum atomic E-state index is 12.2. The van der Waals surface area contributed by atoms with Crippen molar-refractivity contribution in [3.8, 4) is 0 Å². The van der Waals surface area contributed by atoms with Gasteiger partial charge in [-0.25, -0.2) is 4.79 Å². The van der Waals surface area contributed by atoms with Gasteiger partial charge in [0.2, 0.25) is 0 Å². The first-order valence-corrected chi connectivity index (χ1v) is 7.86. The zero-order valence-corrected chi connectivity index (χ0v) is 14.4. The highest BCUT2D eigenvalue weighted by atomic mass is 16.6. The fraction of sp³-hybridized carbons (Fsp3) is 0.556. The Labute approximate surface area is 137 Å². The zero-order chi connectivity index (χ0) is 17.4. The lowest BCUT2D eigenvalue weighted by molar-refractivity contribution is -0.141. The van der Waals surface area contributed by atoms with Crippen LogP contribution in [0.4, 0.5) is 4.79 Å². The molecule has 1 N–H and O–H groups in total. The molecule has 1 aromatic carbocycles. The van der Waals surface area contributed by atoms with Crippen molar-refractivity contribution < 1.29 is 19.4 Å². The SMILES string of the molecule is Cc1ccc([C@H]2CN(C(=O)OC(C)(C)C)C[C@@H]2C(=O)O)cc1C. The van der Waals surface area contributed by atoms with E-state index in [4.69, 9.17) is 4.74 Å². The Morgan fingerprint density at radius 1 is 1.17 bits per heavy atom. The number of carboxylic acids is 1. The van der Waals surface area contributed by atoms with Crippen LogP contribution >= 0.6 is 0 Å². The fourth-order valence-corrected chi connectivity index (χ4v) is 2.86. The summed E-state index contributed by atoms with van der Waals surface area (Å²) in [6.07, 6.45) is -0.449. The molecule has 0 aromatic heterocycles. The number of amides is 1. The average molecular weight is 319 g/mol. The van der Waals surface area contributed by atoms with Gasteiger partial charge in [-0.15, -0.1) is 0 Å². The monoisotopic (exact) mass is 319 g/mol. The Bertz CT molecular complexity index is 618. The standard InChI is InChI=1S/C18H25NO4/c1-11-6-7-13(8-12(11)2)14-9-19(10-15(14)16(20)21)17(22)23-18(3,4)5/h6-8,14-15H,9-10H2,1-5H3,(H,20,21)/t14-,15+/m1/s1. The summed E-state index contributed by atoms with van der Waals surface area (Å²) in [6.45, 7) is 9.99. The third-order valence-electron chi connectivity index (χ3n) is 4.25. The van der Waals surface area contributed by atoms with Crippen LogP contribution in [0.5, 0.6) is 0 Å². The fourth-order valence-electron chi connectivity index (χ4n) is 2.86. The molecule has 0 bridgehead atoms. The van der Waals surface area contributed by atoms with Crippen LogP contribution in [-0.2, 0) is 9.53 Å². The number of carbonyl (C=O) groups excluding carboxylic acids is 1. The molecule has 0 unspecified atom stereocenters. The van der Waals surface area contributed by atoms with Crippen LogP contribution < -0.4 is 0 Å². The Balaban J connectivity index is 2.23. The zero-order valence-electron chi connectivity index (χ0n) is 14.4. The predicted octanol–water partition coefficient (Wildman–Crippen LogP) is 3.34. The highest BCUT2D eigenvalue weighted by molar-refractivity contribution is 5.76. The molecular weight excluding hydrogens is 294 g/mol. The summed E-state index contributed by atoms with van der Waals surface area (Å²) in [5, 5.41) is 9.52. The van der Waals surface area contributed by atoms with Gasteiger partial charge in [0.05, 0.1) is 5.92 Å². The summed E-state index contributed by atoms with van der Waals surface area (Å²) in [5.41, 5.74) is 2.67. The van der Waals surface area contributed by atoms with E-state index < -0.39 is 23.6 Å². The van der Waals surface area contributed by atoms with E-state index in [0.29, 0.717) is 6.54 Å². The molecule has 2 rings (SSSR count). The van der Waals surface area contributed by atoms with E-state index in [-0.39, 0.29) is 12.5 Å². The van der Waals surface area contributed by atoms with Gasteiger partial charge in [-0.3, -0.25) is 4.79 Å². The molecule has 1 fully saturated rings. The Morgan fingerprint density at radius 2 is 1.83 bits per heavy atom. The maximum Gasteiger partial charge on any atom is 0.410 e. The number of ether oxygens (including phenoxy) is 1. The van der Waals surface area contributed by atoms with Crippen molar-refractivity contribution in [1.82, 2.24) is 4.90 Å². The third kappa shape index (κ3) is 4.03. The van der Waals surface area contributed by atoms with Gasteiger partial charge >= 0.3 is 12.1 Å². The summed E-state index contributed by atoms with van der Waals surface area (Å²) in [4.78, 5) is 25.4. The number of aryl methyl sites for hydroxylation is 2. The molecular formula is C18H25NO4. The van der Waals surface area contributed by atoms with Gasteiger partial charge in [0.15, 0.2) is 0 Å². The normalized spacial score (nSPS) is 21.3. The van der Waals surface area contributed by atoms with Crippen LogP contribution in [0.25, 0.3) is 0 Å². The number of hydrogen-bond acceptors (Lipinski definition) is 3. The van der Waals surface area contributed by atoms with Crippen molar-refractivity contribution in [2.75, 3.05) is 13.1 Å². The smallest absolute Gasteiger partial charge is 0.410 e. The van der Waals surface area contributed by atoms with Crippen LogP contribution in [0.15, 0.2) is 18.2 Å². The molecule has 1 heterocycles. The van der Waals surface area contributed by atoms with E-state index in [1.807, 2.05) is 32.0 Å². The second-order valence-corrected chi connectivity index (χ2v) is 7.28. The second kappa shape index (κ2) is 6.22. The first kappa shape index (κ1) is 17.3. The molecule has 23 heavy (non-hydrogen) atoms. The number of rotatable bonds is 2. The van der Waals surface area contributed by atoms with Crippen LogP contribution in [0, 0.1) is 19.8 Å². The van der Waals surface area contributed by atoms with E-state index in [2.05, 4.69) is 0 Å². The maximum absolute atomic E-state index is 12.2. The van der Waals surface area contributed by atoms with Crippen molar-refractivity contribution in [1.29, 1.82) is 0 Å². The van der Waals surface area contributed by atoms with E-state index in [1.165, 1.54) is 10.5 Å². The lowest BCUT2D eigenvalue weighted by Gasteiger charge is -2.24. The summed E-state index contributed by atoms with van der Waals surface area (Å²) >= 11 is 0. The van der Waals surface area contributed by atoms with Gasteiger partial charge in [0.1, 0.15) is 5.60 Å². The molecule has 2 atom stereocenters. The van der Waals surface area contributed by atoms with Crippen LogP contribution in [0.2, 0.25) is 0 Å². The third-order valence-corrected chi connectivity index (χ3v) is 4.25. The van der Waals surface area contributed by atoms with Crippen molar-refractivity contribution in [2.24, 2.45) is 5.92 Å². The summed E-state index contributed by atoms with van der Waals surface area (Å²) in [5.74, 6) is -1.69. The molecule has 0 radical (unpaired) electrons. The first-order chi connectivity index (χ1) is 10.6. The Hall–Kier alpha value is -2.04. The number of hydrogen-bond donors (Lipinski definition) is 1. The second-order valence-electron chi connectivity index (χ2n) is 7.28. The number of likely N-dealkylation sites (tertiary alicyclic amines) is 1. The highest BCUT2D eigenvalue weighted by Gasteiger charge is 2.41. The Kier molecular flexibility index (Phi) is 4.68. The number of aliphatic carboxylic acids is 1. The lowest BCUT2D eigenvalue weighted by Crippen LogP contribution is -2.35. The minimum atomic E-state index is -0.876. The summed E-state index contributed by atoms with van der Waals surface area (Å²) < 4.78 is 5.37. The predicted molar refractivity (Wildman–Crippen MR) is 87.6 cm³/mol. The topological polar surface area (TPSA) is 66.8 Å².